The number of fused-ring (bicyclic) bond motifs is 10. The molecule has 0 unspecified atom stereocenters. The van der Waals surface area contributed by atoms with E-state index in [1.807, 2.05) is 36.4 Å². The maximum atomic E-state index is 6.56. The zero-order valence-corrected chi connectivity index (χ0v) is 27.4. The van der Waals surface area contributed by atoms with E-state index in [1.165, 1.54) is 32.6 Å². The topological polar surface area (TPSA) is 48.8 Å². The summed E-state index contributed by atoms with van der Waals surface area (Å²) in [6, 6.07) is 59.5. The summed E-state index contributed by atoms with van der Waals surface area (Å²) in [6.07, 6.45) is 0. The fraction of sp³-hybridized carbons (Fsp3) is 0. The highest BCUT2D eigenvalue weighted by Gasteiger charge is 2.22. The molecule has 0 saturated carbocycles. The Hall–Kier alpha value is -6.98. The van der Waals surface area contributed by atoms with Crippen molar-refractivity contribution in [2.75, 3.05) is 0 Å². The Morgan fingerprint density at radius 3 is 1.73 bits per heavy atom. The van der Waals surface area contributed by atoms with Crippen molar-refractivity contribution < 1.29 is 4.42 Å². The van der Waals surface area contributed by atoms with Crippen molar-refractivity contribution in [3.63, 3.8) is 0 Å². The van der Waals surface area contributed by atoms with Gasteiger partial charge in [0.1, 0.15) is 16.8 Å². The normalized spacial score (nSPS) is 11.9. The molecule has 51 heavy (non-hydrogen) atoms. The molecule has 0 atom stereocenters. The van der Waals surface area contributed by atoms with E-state index in [0.717, 1.165) is 61.4 Å². The minimum atomic E-state index is 0.525. The van der Waals surface area contributed by atoms with E-state index in [9.17, 15) is 0 Å². The molecule has 4 aromatic heterocycles. The van der Waals surface area contributed by atoms with Crippen molar-refractivity contribution in [1.82, 2.24) is 19.1 Å². The first-order valence-electron chi connectivity index (χ1n) is 17.2. The maximum Gasteiger partial charge on any atom is 0.246 e. The molecule has 0 aliphatic rings. The van der Waals surface area contributed by atoms with Crippen LogP contribution in [0.5, 0.6) is 0 Å². The predicted molar refractivity (Wildman–Crippen MR) is 209 cm³/mol. The van der Waals surface area contributed by atoms with Crippen LogP contribution in [0.4, 0.5) is 0 Å². The van der Waals surface area contributed by atoms with Gasteiger partial charge in [-0.05, 0) is 42.5 Å². The number of rotatable bonds is 4. The van der Waals surface area contributed by atoms with Gasteiger partial charge < -0.3 is 13.6 Å². The number of aromatic nitrogens is 4. The molecule has 0 spiro atoms. The Bertz CT molecular complexity index is 3120. The average molecular weight is 653 g/mol. The van der Waals surface area contributed by atoms with E-state index in [1.54, 1.807) is 0 Å². The van der Waals surface area contributed by atoms with Crippen LogP contribution in [0.2, 0.25) is 0 Å². The minimum Gasteiger partial charge on any atom is -0.436 e. The summed E-state index contributed by atoms with van der Waals surface area (Å²) in [6.45, 7) is 0. The summed E-state index contributed by atoms with van der Waals surface area (Å²) >= 11 is 0. The molecule has 5 nitrogen and oxygen atoms in total. The van der Waals surface area contributed by atoms with Crippen LogP contribution < -0.4 is 0 Å². The minimum absolute atomic E-state index is 0.525. The van der Waals surface area contributed by atoms with E-state index in [-0.39, 0.29) is 0 Å². The first-order valence-corrected chi connectivity index (χ1v) is 17.2. The largest absolute Gasteiger partial charge is 0.436 e. The number of furan rings is 1. The highest BCUT2D eigenvalue weighted by molar-refractivity contribution is 6.26. The molecular formula is C46H28N4O. The molecule has 238 valence electrons. The number of hydrogen-bond donors (Lipinski definition) is 0. The second kappa shape index (κ2) is 10.8. The van der Waals surface area contributed by atoms with Gasteiger partial charge in [0, 0.05) is 55.5 Å². The third kappa shape index (κ3) is 4.09. The van der Waals surface area contributed by atoms with E-state index in [4.69, 9.17) is 14.4 Å². The second-order valence-corrected chi connectivity index (χ2v) is 13.0. The Kier molecular flexibility index (Phi) is 5.89. The van der Waals surface area contributed by atoms with Crippen molar-refractivity contribution in [1.29, 1.82) is 0 Å². The van der Waals surface area contributed by atoms with E-state index >= 15 is 0 Å². The predicted octanol–water partition coefficient (Wildman–Crippen LogP) is 11.9. The van der Waals surface area contributed by atoms with Crippen LogP contribution in [0.25, 0.3) is 99.7 Å². The van der Waals surface area contributed by atoms with Crippen LogP contribution in [0.3, 0.4) is 0 Å². The molecule has 0 aliphatic carbocycles. The van der Waals surface area contributed by atoms with Gasteiger partial charge >= 0.3 is 0 Å². The van der Waals surface area contributed by atoms with Crippen molar-refractivity contribution in [3.8, 4) is 33.9 Å². The number of hydrogen-bond acceptors (Lipinski definition) is 3. The van der Waals surface area contributed by atoms with Crippen molar-refractivity contribution >= 4 is 65.8 Å². The summed E-state index contributed by atoms with van der Waals surface area (Å²) in [4.78, 5) is 10.3. The van der Waals surface area contributed by atoms with Gasteiger partial charge in [0.05, 0.1) is 27.8 Å². The smallest absolute Gasteiger partial charge is 0.246 e. The maximum absolute atomic E-state index is 6.56. The number of para-hydroxylation sites is 3. The highest BCUT2D eigenvalue weighted by atomic mass is 16.3. The van der Waals surface area contributed by atoms with Crippen LogP contribution in [0.1, 0.15) is 0 Å². The lowest BCUT2D eigenvalue weighted by Gasteiger charge is -2.10. The zero-order valence-electron chi connectivity index (χ0n) is 27.4. The van der Waals surface area contributed by atoms with Gasteiger partial charge in [0.2, 0.25) is 5.71 Å². The zero-order chi connectivity index (χ0) is 33.5. The van der Waals surface area contributed by atoms with Crippen LogP contribution in [0, 0.1) is 0 Å². The van der Waals surface area contributed by atoms with Crippen molar-refractivity contribution in [3.05, 3.63) is 170 Å². The molecule has 4 heterocycles. The summed E-state index contributed by atoms with van der Waals surface area (Å²) in [7, 11) is 0. The Morgan fingerprint density at radius 2 is 1.00 bits per heavy atom. The van der Waals surface area contributed by atoms with E-state index < -0.39 is 0 Å². The Morgan fingerprint density at radius 1 is 0.412 bits per heavy atom. The second-order valence-electron chi connectivity index (χ2n) is 13.0. The quantitative estimate of drug-likeness (QED) is 0.190. The van der Waals surface area contributed by atoms with Crippen LogP contribution in [-0.4, -0.2) is 19.1 Å². The molecule has 0 bridgehead atoms. The third-order valence-electron chi connectivity index (χ3n) is 10.1. The molecule has 0 N–H and O–H groups in total. The third-order valence-corrected chi connectivity index (χ3v) is 10.1. The molecule has 7 aromatic carbocycles. The lowest BCUT2D eigenvalue weighted by atomic mass is 10.0. The first-order chi connectivity index (χ1) is 25.3. The summed E-state index contributed by atoms with van der Waals surface area (Å²) < 4.78 is 11.3. The molecule has 0 saturated heterocycles. The van der Waals surface area contributed by atoms with Crippen LogP contribution in [-0.2, 0) is 0 Å². The van der Waals surface area contributed by atoms with Crippen molar-refractivity contribution in [2.24, 2.45) is 0 Å². The fourth-order valence-corrected chi connectivity index (χ4v) is 7.93. The van der Waals surface area contributed by atoms with E-state index in [2.05, 4.69) is 143 Å². The molecule has 11 aromatic rings. The van der Waals surface area contributed by atoms with Gasteiger partial charge in [-0.2, -0.15) is 0 Å². The molecule has 5 heteroatoms. The molecule has 0 fully saturated rings. The molecule has 0 amide bonds. The molecule has 0 radical (unpaired) electrons. The molecule has 0 aliphatic heterocycles. The molecular weight excluding hydrogens is 625 g/mol. The van der Waals surface area contributed by atoms with Gasteiger partial charge in [-0.3, -0.25) is 0 Å². The average Bonchev–Trinajstić information content (AvgIpc) is 3.85. The fourth-order valence-electron chi connectivity index (χ4n) is 7.93. The van der Waals surface area contributed by atoms with Gasteiger partial charge in [-0.25, -0.2) is 9.97 Å². The number of benzene rings is 7. The Labute approximate surface area is 292 Å². The lowest BCUT2D eigenvalue weighted by molar-refractivity contribution is 0.653. The number of nitrogens with zero attached hydrogens (tertiary/aromatic N) is 4. The SMILES string of the molecule is c1ccc(-c2nc3oc4cc(-n5c6ccccc6c6c5ccc5c7ccccc7n(-c7ccccc7)c56)ccc4c3nc2-c2ccccc2)cc1. The first kappa shape index (κ1) is 27.9. The summed E-state index contributed by atoms with van der Waals surface area (Å²) in [5, 5.41) is 5.83. The van der Waals surface area contributed by atoms with Gasteiger partial charge in [0.25, 0.3) is 0 Å². The van der Waals surface area contributed by atoms with Crippen molar-refractivity contribution in [2.45, 2.75) is 0 Å². The molecule has 11 rings (SSSR count). The van der Waals surface area contributed by atoms with Crippen LogP contribution >= 0.6 is 0 Å². The summed E-state index contributed by atoms with van der Waals surface area (Å²) in [5.41, 5.74) is 12.5. The van der Waals surface area contributed by atoms with Gasteiger partial charge in [0.15, 0.2) is 0 Å². The lowest BCUT2D eigenvalue weighted by Crippen LogP contribution is -1.95. The highest BCUT2D eigenvalue weighted by Crippen LogP contribution is 2.43. The monoisotopic (exact) mass is 652 g/mol. The van der Waals surface area contributed by atoms with Crippen LogP contribution in [0.15, 0.2) is 174 Å². The van der Waals surface area contributed by atoms with Gasteiger partial charge in [-0.15, -0.1) is 0 Å². The Balaban J connectivity index is 1.18. The standard InChI is InChI=1S/C46H28N4O/c1-4-14-29(15-5-1)42-43(30-16-6-2-7-17-30)48-46-44(47-42)36-25-24-32(28-40(36)51-46)49-38-23-13-11-21-35(38)41-39(49)27-26-34-33-20-10-12-22-37(33)50(45(34)41)31-18-8-3-9-19-31/h1-28H. The summed E-state index contributed by atoms with van der Waals surface area (Å²) in [5.74, 6) is 0. The van der Waals surface area contributed by atoms with E-state index in [0.29, 0.717) is 5.71 Å². The van der Waals surface area contributed by atoms with Gasteiger partial charge in [-0.1, -0.05) is 121 Å².